The van der Waals surface area contributed by atoms with E-state index in [2.05, 4.69) is 11.1 Å². The van der Waals surface area contributed by atoms with Crippen LogP contribution in [0.2, 0.25) is 0 Å². The van der Waals surface area contributed by atoms with Gasteiger partial charge in [0.2, 0.25) is 0 Å². The van der Waals surface area contributed by atoms with Gasteiger partial charge in [0, 0.05) is 6.61 Å². The summed E-state index contributed by atoms with van der Waals surface area (Å²) in [5.41, 5.74) is 0. The molecule has 0 spiro atoms. The Kier molecular flexibility index (Phi) is 27.4. The molecular formula is C18H37KO3S. The van der Waals surface area contributed by atoms with Gasteiger partial charge in [-0.3, -0.25) is 0 Å². The summed E-state index contributed by atoms with van der Waals surface area (Å²) in [5.74, 6) is 0. The fourth-order valence-corrected chi connectivity index (χ4v) is 3.03. The van der Waals surface area contributed by atoms with Gasteiger partial charge in [0.15, 0.2) is 0 Å². The van der Waals surface area contributed by atoms with E-state index in [0.717, 1.165) is 12.8 Å². The molecule has 0 aromatic heterocycles. The quantitative estimate of drug-likeness (QED) is 0.210. The summed E-state index contributed by atoms with van der Waals surface area (Å²) < 4.78 is 24.8. The van der Waals surface area contributed by atoms with Crippen molar-refractivity contribution in [3.8, 4) is 0 Å². The summed E-state index contributed by atoms with van der Waals surface area (Å²) >= 11 is 0. The van der Waals surface area contributed by atoms with Gasteiger partial charge in [0.05, 0.1) is 11.0 Å². The van der Waals surface area contributed by atoms with E-state index in [-0.39, 0.29) is 51.4 Å². The Bertz CT molecular complexity index is 275. The minimum absolute atomic E-state index is 0. The summed E-state index contributed by atoms with van der Waals surface area (Å²) in [6.07, 6.45) is 21.2. The minimum Gasteiger partial charge on any atom is -0.424 e. The molecule has 0 atom stereocenters. The predicted molar refractivity (Wildman–Crippen MR) is 94.2 cm³/mol. The normalized spacial score (nSPS) is 10.9. The molecule has 5 heteroatoms. The Morgan fingerprint density at radius 1 is 0.565 bits per heavy atom. The van der Waals surface area contributed by atoms with Crippen LogP contribution in [-0.4, -0.2) is 6.61 Å². The van der Waals surface area contributed by atoms with Gasteiger partial charge in [-0.25, -0.2) is 0 Å². The first-order chi connectivity index (χ1) is 10.8. The summed E-state index contributed by atoms with van der Waals surface area (Å²) in [6.45, 7) is 2.61. The molecule has 134 valence electrons. The molecule has 0 saturated heterocycles. The minimum atomic E-state index is -2.33. The Labute approximate surface area is 189 Å². The number of rotatable bonds is 18. The van der Waals surface area contributed by atoms with Crippen molar-refractivity contribution in [3.05, 3.63) is 0 Å². The van der Waals surface area contributed by atoms with Gasteiger partial charge < -0.3 is 12.6 Å². The molecule has 0 aliphatic rings. The largest absolute Gasteiger partial charge is 1.00 e. The molecule has 0 unspecified atom stereocenters. The monoisotopic (exact) mass is 372 g/mol. The first kappa shape index (κ1) is 26.8. The molecule has 23 heavy (non-hydrogen) atoms. The average molecular weight is 373 g/mol. The van der Waals surface area contributed by atoms with Crippen LogP contribution in [0.4, 0.5) is 0 Å². The Balaban J connectivity index is 0. The van der Waals surface area contributed by atoms with Crippen molar-refractivity contribution in [3.63, 3.8) is 0 Å². The molecule has 0 aliphatic heterocycles. The van der Waals surface area contributed by atoms with E-state index in [1.165, 1.54) is 89.9 Å². The van der Waals surface area contributed by atoms with Crippen LogP contribution in [0, 0.1) is 0 Å². The fourth-order valence-electron chi connectivity index (χ4n) is 2.78. The third kappa shape index (κ3) is 25.9. The van der Waals surface area contributed by atoms with Crippen molar-refractivity contribution >= 4 is 11.0 Å². The van der Waals surface area contributed by atoms with E-state index in [4.69, 9.17) is 0 Å². The fraction of sp³-hybridized carbons (Fsp3) is 1.00. The Hall–Kier alpha value is 1.55. The number of unbranched alkanes of at least 4 members (excludes halogenated alkanes) is 15. The van der Waals surface area contributed by atoms with Crippen molar-refractivity contribution < 1.29 is 64.0 Å². The number of hydrogen-bond donors (Lipinski definition) is 0. The first-order valence-corrected chi connectivity index (χ1v) is 10.5. The zero-order chi connectivity index (χ0) is 16.3. The van der Waals surface area contributed by atoms with Crippen molar-refractivity contribution in [2.45, 2.75) is 110 Å². The SMILES string of the molecule is CCCCCCCCCCCCCCCCCCO[S-](=O)=O.[K+]. The smallest absolute Gasteiger partial charge is 0.424 e. The standard InChI is InChI=1S/C18H37O3S.K/c1-2-3-4-5-6-7-8-9-10-11-12-13-14-15-16-17-18-21-22(19)20;/h2-18H2,1H3;/q-1;+1. The van der Waals surface area contributed by atoms with Crippen LogP contribution in [0.25, 0.3) is 0 Å². The van der Waals surface area contributed by atoms with Crippen LogP contribution < -0.4 is 51.4 Å². The van der Waals surface area contributed by atoms with Crippen molar-refractivity contribution in [1.82, 2.24) is 0 Å². The second kappa shape index (κ2) is 23.5. The molecule has 0 aromatic carbocycles. The van der Waals surface area contributed by atoms with Gasteiger partial charge in [-0.15, -0.1) is 0 Å². The third-order valence-corrected chi connectivity index (χ3v) is 4.54. The molecule has 0 heterocycles. The van der Waals surface area contributed by atoms with Gasteiger partial charge in [-0.1, -0.05) is 103 Å². The van der Waals surface area contributed by atoms with Crippen LogP contribution in [0.5, 0.6) is 0 Å². The van der Waals surface area contributed by atoms with Crippen LogP contribution in [0.3, 0.4) is 0 Å². The van der Waals surface area contributed by atoms with Crippen LogP contribution in [0.15, 0.2) is 0 Å². The van der Waals surface area contributed by atoms with Crippen molar-refractivity contribution in [1.29, 1.82) is 0 Å². The van der Waals surface area contributed by atoms with E-state index in [9.17, 15) is 8.42 Å². The van der Waals surface area contributed by atoms with E-state index < -0.39 is 11.0 Å². The third-order valence-electron chi connectivity index (χ3n) is 4.18. The van der Waals surface area contributed by atoms with Crippen LogP contribution in [-0.2, 0) is 23.6 Å². The zero-order valence-corrected chi connectivity index (χ0v) is 19.6. The first-order valence-electron chi connectivity index (χ1n) is 9.50. The zero-order valence-electron chi connectivity index (χ0n) is 15.7. The molecule has 3 nitrogen and oxygen atoms in total. The molecule has 0 aromatic rings. The van der Waals surface area contributed by atoms with Gasteiger partial charge in [-0.2, -0.15) is 0 Å². The second-order valence-electron chi connectivity index (χ2n) is 6.33. The summed E-state index contributed by atoms with van der Waals surface area (Å²) in [5, 5.41) is 0. The molecule has 0 radical (unpaired) electrons. The maximum atomic E-state index is 10.1. The van der Waals surface area contributed by atoms with E-state index in [1.807, 2.05) is 0 Å². The summed E-state index contributed by atoms with van der Waals surface area (Å²) in [7, 11) is -2.33. The van der Waals surface area contributed by atoms with Gasteiger partial charge in [0.25, 0.3) is 0 Å². The molecule has 0 N–H and O–H groups in total. The van der Waals surface area contributed by atoms with E-state index >= 15 is 0 Å². The van der Waals surface area contributed by atoms with E-state index in [0.29, 0.717) is 6.61 Å². The Morgan fingerprint density at radius 3 is 1.17 bits per heavy atom. The molecule has 0 saturated carbocycles. The van der Waals surface area contributed by atoms with Crippen LogP contribution in [0.1, 0.15) is 110 Å². The van der Waals surface area contributed by atoms with E-state index in [1.54, 1.807) is 0 Å². The maximum Gasteiger partial charge on any atom is 1.00 e. The maximum absolute atomic E-state index is 10.1. The predicted octanol–water partition coefficient (Wildman–Crippen LogP) is 3.49. The molecule has 0 fully saturated rings. The van der Waals surface area contributed by atoms with Gasteiger partial charge in [0.1, 0.15) is 0 Å². The van der Waals surface area contributed by atoms with Crippen molar-refractivity contribution in [2.75, 3.05) is 6.61 Å². The second-order valence-corrected chi connectivity index (χ2v) is 6.97. The molecule has 0 amide bonds. The van der Waals surface area contributed by atoms with Crippen LogP contribution >= 0.6 is 0 Å². The summed E-state index contributed by atoms with van der Waals surface area (Å²) in [6, 6.07) is 0. The van der Waals surface area contributed by atoms with Gasteiger partial charge in [-0.05, 0) is 6.42 Å². The summed E-state index contributed by atoms with van der Waals surface area (Å²) in [4.78, 5) is 0. The molecular weight excluding hydrogens is 335 g/mol. The molecule has 0 rings (SSSR count). The van der Waals surface area contributed by atoms with Crippen molar-refractivity contribution in [2.24, 2.45) is 0 Å². The number of hydrogen-bond acceptors (Lipinski definition) is 4. The Morgan fingerprint density at radius 2 is 0.870 bits per heavy atom. The average Bonchev–Trinajstić information content (AvgIpc) is 2.50. The molecule has 0 bridgehead atoms. The van der Waals surface area contributed by atoms with Gasteiger partial charge >= 0.3 is 51.4 Å². The topological polar surface area (TPSA) is 43.4 Å². The molecule has 0 aliphatic carbocycles.